The zero-order chi connectivity index (χ0) is 17.5. The summed E-state index contributed by atoms with van der Waals surface area (Å²) in [6, 6.07) is 14.1. The maximum Gasteiger partial charge on any atom is 0.326 e. The minimum absolute atomic E-state index is 0.104. The maximum atomic E-state index is 12.1. The highest BCUT2D eigenvalue weighted by molar-refractivity contribution is 5.87. The van der Waals surface area contributed by atoms with Crippen molar-refractivity contribution in [2.24, 2.45) is 0 Å². The number of nitrogens with one attached hydrogen (secondary N) is 1. The van der Waals surface area contributed by atoms with Crippen LogP contribution in [0.2, 0.25) is 0 Å². The zero-order valence-corrected chi connectivity index (χ0v) is 13.2. The molecule has 0 bridgehead atoms. The summed E-state index contributed by atoms with van der Waals surface area (Å²) in [4.78, 5) is 23.5. The Bertz CT molecular complexity index is 684. The van der Waals surface area contributed by atoms with Crippen LogP contribution in [0.3, 0.4) is 0 Å². The second-order valence-corrected chi connectivity index (χ2v) is 5.26. The van der Waals surface area contributed by atoms with Gasteiger partial charge in [-0.3, -0.25) is 4.79 Å². The molecule has 2 aromatic rings. The molecule has 3 N–H and O–H groups in total. The fourth-order valence-corrected chi connectivity index (χ4v) is 2.23. The number of rotatable bonds is 7. The number of aliphatic hydroxyl groups excluding tert-OH is 1. The van der Waals surface area contributed by atoms with Crippen LogP contribution in [0.15, 0.2) is 54.6 Å². The average molecular weight is 329 g/mol. The van der Waals surface area contributed by atoms with Gasteiger partial charge in [-0.1, -0.05) is 42.5 Å². The molecular weight excluding hydrogens is 310 g/mol. The number of amides is 1. The van der Waals surface area contributed by atoms with Crippen LogP contribution in [-0.4, -0.2) is 35.2 Å². The minimum Gasteiger partial charge on any atom is -0.497 e. The molecule has 24 heavy (non-hydrogen) atoms. The van der Waals surface area contributed by atoms with Gasteiger partial charge >= 0.3 is 5.97 Å². The highest BCUT2D eigenvalue weighted by Gasteiger charge is 2.25. The van der Waals surface area contributed by atoms with Crippen LogP contribution in [0.5, 0.6) is 5.75 Å². The van der Waals surface area contributed by atoms with Crippen molar-refractivity contribution in [2.45, 2.75) is 18.6 Å². The molecule has 0 heterocycles. The van der Waals surface area contributed by atoms with Gasteiger partial charge in [0.25, 0.3) is 5.91 Å². The Morgan fingerprint density at radius 3 is 2.25 bits per heavy atom. The van der Waals surface area contributed by atoms with E-state index < -0.39 is 24.0 Å². The predicted molar refractivity (Wildman–Crippen MR) is 87.7 cm³/mol. The van der Waals surface area contributed by atoms with E-state index in [9.17, 15) is 19.8 Å². The van der Waals surface area contributed by atoms with Crippen molar-refractivity contribution < 1.29 is 24.5 Å². The lowest BCUT2D eigenvalue weighted by Crippen LogP contribution is -2.44. The number of benzene rings is 2. The summed E-state index contributed by atoms with van der Waals surface area (Å²) in [6.45, 7) is 0. The predicted octanol–water partition coefficient (Wildman–Crippen LogP) is 1.54. The van der Waals surface area contributed by atoms with Crippen molar-refractivity contribution in [2.75, 3.05) is 7.11 Å². The molecule has 0 aliphatic carbocycles. The summed E-state index contributed by atoms with van der Waals surface area (Å²) in [6.07, 6.45) is -1.31. The highest BCUT2D eigenvalue weighted by Crippen LogP contribution is 2.15. The van der Waals surface area contributed by atoms with Crippen LogP contribution in [0.1, 0.15) is 17.2 Å². The number of ether oxygens (including phenoxy) is 1. The topological polar surface area (TPSA) is 95.9 Å². The monoisotopic (exact) mass is 329 g/mol. The van der Waals surface area contributed by atoms with E-state index in [0.717, 1.165) is 5.56 Å². The third kappa shape index (κ3) is 4.57. The number of methoxy groups -OCH3 is 1. The quantitative estimate of drug-likeness (QED) is 0.716. The van der Waals surface area contributed by atoms with Crippen molar-refractivity contribution in [1.82, 2.24) is 5.32 Å². The lowest BCUT2D eigenvalue weighted by molar-refractivity contribution is -0.143. The van der Waals surface area contributed by atoms with E-state index in [-0.39, 0.29) is 6.42 Å². The summed E-state index contributed by atoms with van der Waals surface area (Å²) >= 11 is 0. The van der Waals surface area contributed by atoms with Gasteiger partial charge in [0.1, 0.15) is 11.8 Å². The van der Waals surface area contributed by atoms with E-state index in [1.54, 1.807) is 61.7 Å². The molecule has 0 unspecified atom stereocenters. The number of carboxylic acids is 1. The molecule has 0 saturated heterocycles. The first-order valence-corrected chi connectivity index (χ1v) is 7.40. The number of carbonyl (C=O) groups excluding carboxylic acids is 1. The van der Waals surface area contributed by atoms with E-state index in [1.165, 1.54) is 0 Å². The molecule has 2 atom stereocenters. The van der Waals surface area contributed by atoms with Crippen LogP contribution in [0.4, 0.5) is 0 Å². The molecule has 0 saturated carbocycles. The molecule has 0 spiro atoms. The number of carboxylic acid groups (broad SMARTS) is 1. The normalized spacial score (nSPS) is 12.9. The van der Waals surface area contributed by atoms with Crippen molar-refractivity contribution in [3.63, 3.8) is 0 Å². The van der Waals surface area contributed by atoms with E-state index in [1.807, 2.05) is 0 Å². The molecule has 126 valence electrons. The molecule has 2 rings (SSSR count). The Hall–Kier alpha value is -2.86. The second-order valence-electron chi connectivity index (χ2n) is 5.26. The van der Waals surface area contributed by atoms with Crippen LogP contribution in [0.25, 0.3) is 0 Å². The largest absolute Gasteiger partial charge is 0.497 e. The van der Waals surface area contributed by atoms with E-state index in [2.05, 4.69) is 5.32 Å². The van der Waals surface area contributed by atoms with Crippen molar-refractivity contribution in [1.29, 1.82) is 0 Å². The zero-order valence-electron chi connectivity index (χ0n) is 13.2. The number of aliphatic carboxylic acids is 1. The fourth-order valence-electron chi connectivity index (χ4n) is 2.23. The first-order chi connectivity index (χ1) is 11.5. The molecule has 6 nitrogen and oxygen atoms in total. The SMILES string of the molecule is COc1ccc(C[C@H](NC(=O)[C@@H](O)c2ccccc2)C(=O)O)cc1. The molecule has 0 aromatic heterocycles. The van der Waals surface area contributed by atoms with Gasteiger partial charge in [0.2, 0.25) is 0 Å². The lowest BCUT2D eigenvalue weighted by atomic mass is 10.0. The smallest absolute Gasteiger partial charge is 0.326 e. The van der Waals surface area contributed by atoms with Gasteiger partial charge < -0.3 is 20.3 Å². The average Bonchev–Trinajstić information content (AvgIpc) is 2.61. The molecular formula is C18H19NO5. The van der Waals surface area contributed by atoms with Crippen LogP contribution >= 0.6 is 0 Å². The Morgan fingerprint density at radius 2 is 1.71 bits per heavy atom. The van der Waals surface area contributed by atoms with Crippen molar-refractivity contribution in [3.05, 3.63) is 65.7 Å². The molecule has 0 radical (unpaired) electrons. The fraction of sp³-hybridized carbons (Fsp3) is 0.222. The third-order valence-electron chi connectivity index (χ3n) is 3.58. The maximum absolute atomic E-state index is 12.1. The molecule has 1 amide bonds. The number of hydrogen-bond donors (Lipinski definition) is 3. The van der Waals surface area contributed by atoms with Crippen molar-refractivity contribution in [3.8, 4) is 5.75 Å². The van der Waals surface area contributed by atoms with Crippen LogP contribution < -0.4 is 10.1 Å². The molecule has 6 heteroatoms. The second kappa shape index (κ2) is 8.12. The summed E-state index contributed by atoms with van der Waals surface area (Å²) in [7, 11) is 1.54. The highest BCUT2D eigenvalue weighted by atomic mass is 16.5. The number of hydrogen-bond acceptors (Lipinski definition) is 4. The Balaban J connectivity index is 2.04. The van der Waals surface area contributed by atoms with Gasteiger partial charge in [-0.15, -0.1) is 0 Å². The third-order valence-corrected chi connectivity index (χ3v) is 3.58. The van der Waals surface area contributed by atoms with Gasteiger partial charge in [-0.2, -0.15) is 0 Å². The Kier molecular flexibility index (Phi) is 5.92. The number of aliphatic hydroxyl groups is 1. The lowest BCUT2D eigenvalue weighted by Gasteiger charge is -2.17. The van der Waals surface area contributed by atoms with Gasteiger partial charge in [0.15, 0.2) is 6.10 Å². The first-order valence-electron chi connectivity index (χ1n) is 7.40. The minimum atomic E-state index is -1.41. The van der Waals surface area contributed by atoms with Gasteiger partial charge in [0.05, 0.1) is 7.11 Å². The van der Waals surface area contributed by atoms with Gasteiger partial charge in [-0.25, -0.2) is 4.79 Å². The Labute approximate surface area is 139 Å². The van der Waals surface area contributed by atoms with Gasteiger partial charge in [-0.05, 0) is 23.3 Å². The van der Waals surface area contributed by atoms with E-state index in [0.29, 0.717) is 11.3 Å². The summed E-state index contributed by atoms with van der Waals surface area (Å²) in [5, 5.41) is 21.7. The van der Waals surface area contributed by atoms with E-state index in [4.69, 9.17) is 4.74 Å². The molecule has 0 fully saturated rings. The summed E-state index contributed by atoms with van der Waals surface area (Å²) in [5.74, 6) is -1.25. The molecule has 2 aromatic carbocycles. The summed E-state index contributed by atoms with van der Waals surface area (Å²) < 4.78 is 5.05. The molecule has 0 aliphatic rings. The number of carbonyl (C=O) groups is 2. The van der Waals surface area contributed by atoms with E-state index >= 15 is 0 Å². The summed E-state index contributed by atoms with van der Waals surface area (Å²) in [5.41, 5.74) is 1.14. The van der Waals surface area contributed by atoms with Crippen LogP contribution in [0, 0.1) is 0 Å². The van der Waals surface area contributed by atoms with Crippen LogP contribution in [-0.2, 0) is 16.0 Å². The van der Waals surface area contributed by atoms with Crippen molar-refractivity contribution >= 4 is 11.9 Å². The van der Waals surface area contributed by atoms with Gasteiger partial charge in [0, 0.05) is 6.42 Å². The molecule has 0 aliphatic heterocycles. The Morgan fingerprint density at radius 1 is 1.08 bits per heavy atom. The standard InChI is InChI=1S/C18H19NO5/c1-24-14-9-7-12(8-10-14)11-15(18(22)23)19-17(21)16(20)13-5-3-2-4-6-13/h2-10,15-16,20H,11H2,1H3,(H,19,21)(H,22,23)/t15-,16-/m0/s1. The first kappa shape index (κ1) is 17.5.